The van der Waals surface area contributed by atoms with E-state index in [0.717, 1.165) is 0 Å². The highest BCUT2D eigenvalue weighted by Gasteiger charge is 2.06. The Kier molecular flexibility index (Phi) is 3.32. The molecule has 1 N–H and O–H groups in total. The zero-order valence-electron chi connectivity index (χ0n) is 7.50. The second-order valence-electron chi connectivity index (χ2n) is 2.42. The molecule has 0 aliphatic rings. The Bertz CT molecular complexity index is 381. The first kappa shape index (κ1) is 10.8. The van der Waals surface area contributed by atoms with Crippen LogP contribution in [0.4, 0.5) is 0 Å². The molecule has 0 saturated carbocycles. The molecule has 0 atom stereocenters. The molecule has 1 aromatic carbocycles. The summed E-state index contributed by atoms with van der Waals surface area (Å²) >= 11 is 0. The third kappa shape index (κ3) is 3.63. The van der Waals surface area contributed by atoms with Gasteiger partial charge in [-0.3, -0.25) is 4.55 Å². The summed E-state index contributed by atoms with van der Waals surface area (Å²) in [6.45, 7) is 2.36. The van der Waals surface area contributed by atoms with Crippen LogP contribution in [0.1, 0.15) is 6.92 Å². The summed E-state index contributed by atoms with van der Waals surface area (Å²) in [5, 5.41) is 0. The highest BCUT2D eigenvalue weighted by molar-refractivity contribution is 7.81. The molecule has 0 unspecified atom stereocenters. The molecule has 0 bridgehead atoms. The molecule has 0 fully saturated rings. The van der Waals surface area contributed by atoms with Crippen molar-refractivity contribution in [3.8, 4) is 11.5 Å². The van der Waals surface area contributed by atoms with Crippen LogP contribution in [-0.4, -0.2) is 19.6 Å². The molecule has 0 amide bonds. The van der Waals surface area contributed by atoms with E-state index in [0.29, 0.717) is 12.4 Å². The van der Waals surface area contributed by atoms with E-state index < -0.39 is 10.4 Å². The summed E-state index contributed by atoms with van der Waals surface area (Å²) in [6.07, 6.45) is 0. The maximum atomic E-state index is 10.3. The highest BCUT2D eigenvalue weighted by atomic mass is 32.3. The second-order valence-corrected chi connectivity index (χ2v) is 3.44. The number of benzene rings is 1. The van der Waals surface area contributed by atoms with E-state index in [1.165, 1.54) is 12.1 Å². The molecule has 0 aliphatic heterocycles. The fourth-order valence-corrected chi connectivity index (χ4v) is 1.23. The van der Waals surface area contributed by atoms with Crippen LogP contribution in [0.3, 0.4) is 0 Å². The van der Waals surface area contributed by atoms with Gasteiger partial charge in [0.05, 0.1) is 6.61 Å². The molecular formula is C8H10O5S. The fourth-order valence-electron chi connectivity index (χ4n) is 0.880. The zero-order valence-corrected chi connectivity index (χ0v) is 8.32. The summed E-state index contributed by atoms with van der Waals surface area (Å²) in [4.78, 5) is 0. The number of ether oxygens (including phenoxy) is 1. The molecule has 78 valence electrons. The van der Waals surface area contributed by atoms with Crippen molar-refractivity contribution in [2.45, 2.75) is 6.92 Å². The van der Waals surface area contributed by atoms with Gasteiger partial charge >= 0.3 is 10.4 Å². The molecule has 6 heteroatoms. The predicted molar refractivity (Wildman–Crippen MR) is 49.8 cm³/mol. The van der Waals surface area contributed by atoms with E-state index in [1.54, 1.807) is 12.1 Å². The fraction of sp³-hybridized carbons (Fsp3) is 0.250. The summed E-state index contributed by atoms with van der Waals surface area (Å²) < 4.78 is 38.3. The molecule has 0 aromatic heterocycles. The lowest BCUT2D eigenvalue weighted by Crippen LogP contribution is -2.06. The summed E-state index contributed by atoms with van der Waals surface area (Å²) in [5.41, 5.74) is 0. The van der Waals surface area contributed by atoms with Crippen molar-refractivity contribution in [2.75, 3.05) is 6.61 Å². The van der Waals surface area contributed by atoms with Crippen molar-refractivity contribution in [1.29, 1.82) is 0 Å². The van der Waals surface area contributed by atoms with Gasteiger partial charge in [-0.1, -0.05) is 0 Å². The van der Waals surface area contributed by atoms with Crippen LogP contribution in [0.25, 0.3) is 0 Å². The number of rotatable bonds is 4. The van der Waals surface area contributed by atoms with Crippen LogP contribution in [0, 0.1) is 0 Å². The monoisotopic (exact) mass is 218 g/mol. The Morgan fingerprint density at radius 1 is 1.21 bits per heavy atom. The Balaban J connectivity index is 2.74. The molecule has 1 rings (SSSR count). The SMILES string of the molecule is CCOc1ccc(OS(=O)(=O)O)cc1. The highest BCUT2D eigenvalue weighted by Crippen LogP contribution is 2.18. The lowest BCUT2D eigenvalue weighted by Gasteiger charge is -2.04. The van der Waals surface area contributed by atoms with Gasteiger partial charge < -0.3 is 8.92 Å². The lowest BCUT2D eigenvalue weighted by atomic mass is 10.3. The molecule has 0 radical (unpaired) electrons. The van der Waals surface area contributed by atoms with E-state index >= 15 is 0 Å². The van der Waals surface area contributed by atoms with Crippen LogP contribution in [-0.2, 0) is 10.4 Å². The Hall–Kier alpha value is -1.27. The molecule has 1 aromatic rings. The van der Waals surface area contributed by atoms with E-state index in [4.69, 9.17) is 9.29 Å². The van der Waals surface area contributed by atoms with Gasteiger partial charge in [-0.05, 0) is 31.2 Å². The van der Waals surface area contributed by atoms with Crippen molar-refractivity contribution in [2.24, 2.45) is 0 Å². The van der Waals surface area contributed by atoms with Crippen molar-refractivity contribution in [3.63, 3.8) is 0 Å². The van der Waals surface area contributed by atoms with Gasteiger partial charge in [-0.25, -0.2) is 0 Å². The zero-order chi connectivity index (χ0) is 10.6. The summed E-state index contributed by atoms with van der Waals surface area (Å²) in [7, 11) is -4.44. The van der Waals surface area contributed by atoms with Gasteiger partial charge in [0, 0.05) is 0 Å². The van der Waals surface area contributed by atoms with Crippen LogP contribution < -0.4 is 8.92 Å². The minimum Gasteiger partial charge on any atom is -0.494 e. The van der Waals surface area contributed by atoms with Crippen molar-refractivity contribution in [1.82, 2.24) is 0 Å². The lowest BCUT2D eigenvalue weighted by molar-refractivity contribution is 0.339. The van der Waals surface area contributed by atoms with E-state index in [-0.39, 0.29) is 5.75 Å². The summed E-state index contributed by atoms with van der Waals surface area (Å²) in [6, 6.07) is 5.87. The first-order valence-electron chi connectivity index (χ1n) is 3.91. The first-order chi connectivity index (χ1) is 6.51. The van der Waals surface area contributed by atoms with Crippen molar-refractivity contribution < 1.29 is 21.9 Å². The third-order valence-electron chi connectivity index (χ3n) is 1.34. The number of hydrogen-bond acceptors (Lipinski definition) is 4. The molecule has 0 saturated heterocycles. The second kappa shape index (κ2) is 4.30. The van der Waals surface area contributed by atoms with Gasteiger partial charge in [-0.2, -0.15) is 8.42 Å². The molecule has 0 heterocycles. The average Bonchev–Trinajstić information content (AvgIpc) is 2.06. The van der Waals surface area contributed by atoms with Crippen molar-refractivity contribution >= 4 is 10.4 Å². The van der Waals surface area contributed by atoms with Crippen LogP contribution in [0.5, 0.6) is 11.5 Å². The maximum Gasteiger partial charge on any atom is 0.446 e. The van der Waals surface area contributed by atoms with Gasteiger partial charge in [0.25, 0.3) is 0 Å². The largest absolute Gasteiger partial charge is 0.494 e. The summed E-state index contributed by atoms with van der Waals surface area (Å²) in [5.74, 6) is 0.645. The van der Waals surface area contributed by atoms with E-state index in [1.807, 2.05) is 6.92 Å². The van der Waals surface area contributed by atoms with Gasteiger partial charge in [0.2, 0.25) is 0 Å². The maximum absolute atomic E-state index is 10.3. The average molecular weight is 218 g/mol. The van der Waals surface area contributed by atoms with E-state index in [9.17, 15) is 8.42 Å². The molecule has 5 nitrogen and oxygen atoms in total. The van der Waals surface area contributed by atoms with Gasteiger partial charge in [0.1, 0.15) is 11.5 Å². The van der Waals surface area contributed by atoms with Gasteiger partial charge in [-0.15, -0.1) is 0 Å². The standard InChI is InChI=1S/C8H10O5S/c1-2-12-7-3-5-8(6-4-7)13-14(9,10)11/h3-6H,2H2,1H3,(H,9,10,11). The molecule has 0 aliphatic carbocycles. The smallest absolute Gasteiger partial charge is 0.446 e. The third-order valence-corrected chi connectivity index (χ3v) is 1.74. The minimum absolute atomic E-state index is 0.0379. The quantitative estimate of drug-likeness (QED) is 0.770. The first-order valence-corrected chi connectivity index (χ1v) is 5.27. The minimum atomic E-state index is -4.44. The van der Waals surface area contributed by atoms with Crippen molar-refractivity contribution in [3.05, 3.63) is 24.3 Å². The normalized spacial score (nSPS) is 11.0. The van der Waals surface area contributed by atoms with E-state index in [2.05, 4.69) is 4.18 Å². The van der Waals surface area contributed by atoms with Gasteiger partial charge in [0.15, 0.2) is 0 Å². The Labute approximate surface area is 82.2 Å². The Morgan fingerprint density at radius 2 is 1.71 bits per heavy atom. The van der Waals surface area contributed by atoms with Crippen LogP contribution in [0.2, 0.25) is 0 Å². The number of hydrogen-bond donors (Lipinski definition) is 1. The molecular weight excluding hydrogens is 208 g/mol. The Morgan fingerprint density at radius 3 is 2.14 bits per heavy atom. The van der Waals surface area contributed by atoms with Crippen LogP contribution >= 0.6 is 0 Å². The molecule has 14 heavy (non-hydrogen) atoms. The molecule has 0 spiro atoms. The van der Waals surface area contributed by atoms with Crippen LogP contribution in [0.15, 0.2) is 24.3 Å². The topological polar surface area (TPSA) is 72.8 Å². The predicted octanol–water partition coefficient (Wildman–Crippen LogP) is 1.27.